The molecule has 10 heteroatoms. The molecule has 2 atom stereocenters. The number of carbonyl (C=O) groups is 1. The molecule has 5 heterocycles. The first-order valence-corrected chi connectivity index (χ1v) is 10.7. The summed E-state index contributed by atoms with van der Waals surface area (Å²) < 4.78 is 7.51. The second kappa shape index (κ2) is 8.56. The lowest BCUT2D eigenvalue weighted by atomic mass is 10.1. The highest BCUT2D eigenvalue weighted by atomic mass is 16.5. The van der Waals surface area contributed by atoms with E-state index in [0.29, 0.717) is 30.2 Å². The number of carbonyl (C=O) groups excluding carboxylic acids is 1. The Morgan fingerprint density at radius 1 is 1.23 bits per heavy atom. The Kier molecular flexibility index (Phi) is 5.47. The van der Waals surface area contributed by atoms with Crippen molar-refractivity contribution in [3.05, 3.63) is 48.2 Å². The van der Waals surface area contributed by atoms with Crippen molar-refractivity contribution in [1.29, 1.82) is 0 Å². The van der Waals surface area contributed by atoms with Gasteiger partial charge in [0.15, 0.2) is 11.5 Å². The van der Waals surface area contributed by atoms with Gasteiger partial charge in [-0.25, -0.2) is 9.97 Å². The number of hydrogen-bond donors (Lipinski definition) is 1. The fourth-order valence-corrected chi connectivity index (χ4v) is 4.17. The number of anilines is 1. The van der Waals surface area contributed by atoms with Gasteiger partial charge in [0.2, 0.25) is 5.95 Å². The number of hydrogen-bond acceptors (Lipinski definition) is 8. The van der Waals surface area contributed by atoms with E-state index in [0.717, 1.165) is 38.4 Å². The van der Waals surface area contributed by atoms with Crippen molar-refractivity contribution in [2.75, 3.05) is 44.7 Å². The summed E-state index contributed by atoms with van der Waals surface area (Å²) in [5.41, 5.74) is 1.29. The normalized spacial score (nSPS) is 22.2. The van der Waals surface area contributed by atoms with Gasteiger partial charge in [-0.2, -0.15) is 0 Å². The Morgan fingerprint density at radius 2 is 2.10 bits per heavy atom. The molecule has 3 aromatic rings. The van der Waals surface area contributed by atoms with E-state index in [4.69, 9.17) is 4.74 Å². The van der Waals surface area contributed by atoms with Crippen molar-refractivity contribution in [2.24, 2.45) is 0 Å². The van der Waals surface area contributed by atoms with Crippen LogP contribution >= 0.6 is 0 Å². The number of aromatic nitrogens is 5. The number of piperazine rings is 1. The van der Waals surface area contributed by atoms with Gasteiger partial charge in [0.25, 0.3) is 5.91 Å². The molecule has 0 aromatic carbocycles. The average molecular weight is 422 g/mol. The van der Waals surface area contributed by atoms with E-state index in [1.807, 2.05) is 22.7 Å². The molecular weight excluding hydrogens is 396 g/mol. The summed E-state index contributed by atoms with van der Waals surface area (Å²) in [5, 5.41) is 11.8. The Bertz CT molecular complexity index is 1050. The number of pyridine rings is 1. The van der Waals surface area contributed by atoms with Gasteiger partial charge in [-0.3, -0.25) is 14.1 Å². The molecule has 2 aliphatic heterocycles. The largest absolute Gasteiger partial charge is 0.376 e. The fraction of sp³-hybridized carbons (Fsp3) is 0.476. The second-order valence-corrected chi connectivity index (χ2v) is 8.04. The molecule has 31 heavy (non-hydrogen) atoms. The zero-order valence-corrected chi connectivity index (χ0v) is 17.5. The molecule has 0 spiro atoms. The predicted octanol–water partition coefficient (Wildman–Crippen LogP) is 0.921. The molecule has 2 saturated heterocycles. The van der Waals surface area contributed by atoms with Crippen LogP contribution in [0.4, 0.5) is 5.95 Å². The number of nitrogens with one attached hydrogen (secondary N) is 1. The highest BCUT2D eigenvalue weighted by Gasteiger charge is 2.30. The lowest BCUT2D eigenvalue weighted by molar-refractivity contribution is 0.0857. The molecule has 0 radical (unpaired) electrons. The summed E-state index contributed by atoms with van der Waals surface area (Å²) in [6.07, 6.45) is 7.48. The fourth-order valence-electron chi connectivity index (χ4n) is 4.17. The van der Waals surface area contributed by atoms with Crippen LogP contribution in [-0.2, 0) is 4.74 Å². The van der Waals surface area contributed by atoms with Crippen LogP contribution in [0.1, 0.15) is 35.1 Å². The van der Waals surface area contributed by atoms with Gasteiger partial charge in [0.1, 0.15) is 0 Å². The molecule has 1 N–H and O–H groups in total. The lowest BCUT2D eigenvalue weighted by Gasteiger charge is -2.38. The first-order chi connectivity index (χ1) is 15.2. The van der Waals surface area contributed by atoms with Gasteiger partial charge < -0.3 is 15.0 Å². The number of amides is 1. The van der Waals surface area contributed by atoms with Crippen LogP contribution in [-0.4, -0.2) is 81.3 Å². The summed E-state index contributed by atoms with van der Waals surface area (Å²) in [5.74, 6) is 1.39. The van der Waals surface area contributed by atoms with E-state index in [9.17, 15) is 4.79 Å². The van der Waals surface area contributed by atoms with Crippen molar-refractivity contribution >= 4 is 17.5 Å². The standard InChI is InChI=1S/C21H26N8O2/c1-27-9-10-28(21-22-7-3-8-23-21)14-17(27)19-26-25-18-6-5-15(13-29(18)19)20(30)24-12-16-4-2-11-31-16/h3,5-8,13,16-17H,2,4,9-12,14H2,1H3,(H,24,30)/t16-,17+/m0/s1. The van der Waals surface area contributed by atoms with E-state index < -0.39 is 0 Å². The number of fused-ring (bicyclic) bond motifs is 1. The zero-order chi connectivity index (χ0) is 21.2. The minimum absolute atomic E-state index is 0.00208. The Balaban J connectivity index is 1.37. The summed E-state index contributed by atoms with van der Waals surface area (Å²) in [6.45, 7) is 3.68. The molecule has 10 nitrogen and oxygen atoms in total. The van der Waals surface area contributed by atoms with Gasteiger partial charge >= 0.3 is 0 Å². The van der Waals surface area contributed by atoms with Crippen LogP contribution in [0.15, 0.2) is 36.8 Å². The van der Waals surface area contributed by atoms with Crippen molar-refractivity contribution in [2.45, 2.75) is 25.0 Å². The van der Waals surface area contributed by atoms with Crippen molar-refractivity contribution in [1.82, 2.24) is 34.8 Å². The quantitative estimate of drug-likeness (QED) is 0.648. The molecule has 0 saturated carbocycles. The summed E-state index contributed by atoms with van der Waals surface area (Å²) >= 11 is 0. The average Bonchev–Trinajstić information content (AvgIpc) is 3.48. The van der Waals surface area contributed by atoms with E-state index in [2.05, 4.69) is 42.3 Å². The van der Waals surface area contributed by atoms with E-state index in [-0.39, 0.29) is 18.1 Å². The Labute approximate surface area is 180 Å². The van der Waals surface area contributed by atoms with Crippen LogP contribution in [0.25, 0.3) is 5.65 Å². The van der Waals surface area contributed by atoms with Crippen molar-refractivity contribution in [3.63, 3.8) is 0 Å². The van der Waals surface area contributed by atoms with Crippen molar-refractivity contribution < 1.29 is 9.53 Å². The molecule has 2 aliphatic rings. The molecular formula is C21H26N8O2. The Morgan fingerprint density at radius 3 is 2.90 bits per heavy atom. The molecule has 5 rings (SSSR count). The van der Waals surface area contributed by atoms with E-state index >= 15 is 0 Å². The number of nitrogens with zero attached hydrogens (tertiary/aromatic N) is 7. The van der Waals surface area contributed by atoms with Gasteiger partial charge in [0.05, 0.1) is 17.7 Å². The second-order valence-electron chi connectivity index (χ2n) is 8.04. The smallest absolute Gasteiger partial charge is 0.252 e. The first kappa shape index (κ1) is 19.8. The van der Waals surface area contributed by atoms with Gasteiger partial charge in [-0.15, -0.1) is 10.2 Å². The lowest BCUT2D eigenvalue weighted by Crippen LogP contribution is -2.48. The zero-order valence-electron chi connectivity index (χ0n) is 17.5. The Hall–Kier alpha value is -3.11. The molecule has 2 fully saturated rings. The first-order valence-electron chi connectivity index (χ1n) is 10.7. The van der Waals surface area contributed by atoms with Gasteiger partial charge in [-0.05, 0) is 38.1 Å². The monoisotopic (exact) mass is 422 g/mol. The SMILES string of the molecule is CN1CCN(c2ncccn2)C[C@@H]1c1nnc2ccc(C(=O)NC[C@@H]3CCCO3)cn12. The van der Waals surface area contributed by atoms with Crippen molar-refractivity contribution in [3.8, 4) is 0 Å². The third-order valence-corrected chi connectivity index (χ3v) is 5.99. The minimum atomic E-state index is -0.117. The van der Waals surface area contributed by atoms with Crippen LogP contribution in [0, 0.1) is 0 Å². The van der Waals surface area contributed by atoms with Crippen LogP contribution < -0.4 is 10.2 Å². The summed E-state index contributed by atoms with van der Waals surface area (Å²) in [6, 6.07) is 5.43. The van der Waals surface area contributed by atoms with Crippen LogP contribution in [0.2, 0.25) is 0 Å². The number of rotatable bonds is 5. The third kappa shape index (κ3) is 4.08. The molecule has 0 aliphatic carbocycles. The predicted molar refractivity (Wildman–Crippen MR) is 114 cm³/mol. The third-order valence-electron chi connectivity index (χ3n) is 5.99. The van der Waals surface area contributed by atoms with Gasteiger partial charge in [-0.1, -0.05) is 0 Å². The summed E-state index contributed by atoms with van der Waals surface area (Å²) in [4.78, 5) is 25.9. The molecule has 0 unspecified atom stereocenters. The molecule has 0 bridgehead atoms. The number of likely N-dealkylation sites (N-methyl/N-ethyl adjacent to an activating group) is 1. The number of ether oxygens (including phenoxy) is 1. The van der Waals surface area contributed by atoms with Crippen LogP contribution in [0.3, 0.4) is 0 Å². The van der Waals surface area contributed by atoms with Gasteiger partial charge in [0, 0.05) is 51.4 Å². The molecule has 1 amide bonds. The minimum Gasteiger partial charge on any atom is -0.376 e. The topological polar surface area (TPSA) is 101 Å². The molecule has 162 valence electrons. The van der Waals surface area contributed by atoms with Crippen LogP contribution in [0.5, 0.6) is 0 Å². The molecule has 3 aromatic heterocycles. The maximum Gasteiger partial charge on any atom is 0.252 e. The van der Waals surface area contributed by atoms with E-state index in [1.54, 1.807) is 18.5 Å². The maximum absolute atomic E-state index is 12.7. The van der Waals surface area contributed by atoms with E-state index in [1.165, 1.54) is 0 Å². The summed E-state index contributed by atoms with van der Waals surface area (Å²) in [7, 11) is 2.08. The maximum atomic E-state index is 12.7. The highest BCUT2D eigenvalue weighted by Crippen LogP contribution is 2.25. The highest BCUT2D eigenvalue weighted by molar-refractivity contribution is 5.94.